The summed E-state index contributed by atoms with van der Waals surface area (Å²) in [5, 5.41) is 3.47. The zero-order valence-corrected chi connectivity index (χ0v) is 15.5. The molecule has 2 heterocycles. The maximum absolute atomic E-state index is 5.77. The molecule has 1 aromatic carbocycles. The van der Waals surface area contributed by atoms with Crippen LogP contribution in [0, 0.1) is 0 Å². The first-order valence-electron chi connectivity index (χ1n) is 7.87. The minimum absolute atomic E-state index is 0. The molecular weight excluding hydrogens is 345 g/mol. The molecule has 0 amide bonds. The molecule has 24 heavy (non-hydrogen) atoms. The summed E-state index contributed by atoms with van der Waals surface area (Å²) in [6.07, 6.45) is 1.79. The molecule has 0 radical (unpaired) electrons. The fourth-order valence-electron chi connectivity index (χ4n) is 2.75. The van der Waals surface area contributed by atoms with Crippen LogP contribution in [0.25, 0.3) is 0 Å². The lowest BCUT2D eigenvalue weighted by molar-refractivity contribution is 0.199. The summed E-state index contributed by atoms with van der Waals surface area (Å²) < 4.78 is 5.77. The van der Waals surface area contributed by atoms with Crippen molar-refractivity contribution < 1.29 is 4.74 Å². The SMILES string of the molecule is CC1CN(Cc2ccc(OCc3ccccn3)cc2)CCN1.Cl.Cl. The molecule has 1 aliphatic heterocycles. The second-order valence-corrected chi connectivity index (χ2v) is 5.84. The molecule has 1 N–H and O–H groups in total. The number of ether oxygens (including phenoxy) is 1. The van der Waals surface area contributed by atoms with E-state index in [4.69, 9.17) is 4.74 Å². The summed E-state index contributed by atoms with van der Waals surface area (Å²) in [7, 11) is 0. The van der Waals surface area contributed by atoms with Gasteiger partial charge in [-0.3, -0.25) is 9.88 Å². The molecule has 0 spiro atoms. The van der Waals surface area contributed by atoms with E-state index in [0.717, 1.165) is 37.6 Å². The molecule has 6 heteroatoms. The molecular formula is C18H25Cl2N3O. The number of nitrogens with one attached hydrogen (secondary N) is 1. The highest BCUT2D eigenvalue weighted by Crippen LogP contribution is 2.15. The van der Waals surface area contributed by atoms with E-state index >= 15 is 0 Å². The normalized spacial score (nSPS) is 17.5. The summed E-state index contributed by atoms with van der Waals surface area (Å²) in [5.41, 5.74) is 2.28. The number of pyridine rings is 1. The first-order valence-corrected chi connectivity index (χ1v) is 7.87. The van der Waals surface area contributed by atoms with E-state index in [1.807, 2.05) is 30.3 Å². The van der Waals surface area contributed by atoms with E-state index in [2.05, 4.69) is 34.3 Å². The van der Waals surface area contributed by atoms with Gasteiger partial charge in [-0.1, -0.05) is 18.2 Å². The number of hydrogen-bond acceptors (Lipinski definition) is 4. The summed E-state index contributed by atoms with van der Waals surface area (Å²) in [6, 6.07) is 14.8. The predicted molar refractivity (Wildman–Crippen MR) is 102 cm³/mol. The highest BCUT2D eigenvalue weighted by atomic mass is 35.5. The molecule has 1 aromatic heterocycles. The maximum atomic E-state index is 5.77. The summed E-state index contributed by atoms with van der Waals surface area (Å²) in [4.78, 5) is 6.75. The van der Waals surface area contributed by atoms with Gasteiger partial charge in [0.2, 0.25) is 0 Å². The Balaban J connectivity index is 0.00000144. The molecule has 0 bridgehead atoms. The van der Waals surface area contributed by atoms with Crippen molar-refractivity contribution in [1.82, 2.24) is 15.2 Å². The highest BCUT2D eigenvalue weighted by molar-refractivity contribution is 5.85. The lowest BCUT2D eigenvalue weighted by Crippen LogP contribution is -2.48. The molecule has 1 unspecified atom stereocenters. The van der Waals surface area contributed by atoms with E-state index in [9.17, 15) is 0 Å². The van der Waals surface area contributed by atoms with Gasteiger partial charge in [0, 0.05) is 38.4 Å². The average molecular weight is 370 g/mol. The van der Waals surface area contributed by atoms with Gasteiger partial charge in [0.15, 0.2) is 0 Å². The smallest absolute Gasteiger partial charge is 0.130 e. The van der Waals surface area contributed by atoms with Crippen LogP contribution in [0.2, 0.25) is 0 Å². The molecule has 3 rings (SSSR count). The fourth-order valence-corrected chi connectivity index (χ4v) is 2.75. The number of benzene rings is 1. The zero-order chi connectivity index (χ0) is 15.2. The first-order chi connectivity index (χ1) is 10.8. The van der Waals surface area contributed by atoms with Crippen molar-refractivity contribution in [2.45, 2.75) is 26.1 Å². The van der Waals surface area contributed by atoms with Gasteiger partial charge in [-0.05, 0) is 36.8 Å². The molecule has 0 aliphatic carbocycles. The molecule has 1 aliphatic rings. The quantitative estimate of drug-likeness (QED) is 0.877. The minimum atomic E-state index is 0. The van der Waals surface area contributed by atoms with E-state index in [1.54, 1.807) is 6.20 Å². The number of piperazine rings is 1. The topological polar surface area (TPSA) is 37.4 Å². The van der Waals surface area contributed by atoms with E-state index in [0.29, 0.717) is 12.6 Å². The highest BCUT2D eigenvalue weighted by Gasteiger charge is 2.15. The molecule has 1 saturated heterocycles. The Morgan fingerprint density at radius 1 is 1.17 bits per heavy atom. The molecule has 1 fully saturated rings. The van der Waals surface area contributed by atoms with Crippen molar-refractivity contribution in [2.75, 3.05) is 19.6 Å². The van der Waals surface area contributed by atoms with Gasteiger partial charge in [-0.2, -0.15) is 0 Å². The summed E-state index contributed by atoms with van der Waals surface area (Å²) in [5.74, 6) is 0.892. The lowest BCUT2D eigenvalue weighted by Gasteiger charge is -2.31. The fraction of sp³-hybridized carbons (Fsp3) is 0.389. The van der Waals surface area contributed by atoms with E-state index < -0.39 is 0 Å². The van der Waals surface area contributed by atoms with Crippen LogP contribution in [-0.2, 0) is 13.2 Å². The Labute approximate surface area is 156 Å². The Morgan fingerprint density at radius 2 is 1.96 bits per heavy atom. The zero-order valence-electron chi connectivity index (χ0n) is 13.9. The number of aromatic nitrogens is 1. The van der Waals surface area contributed by atoms with Crippen LogP contribution < -0.4 is 10.1 Å². The van der Waals surface area contributed by atoms with Crippen molar-refractivity contribution >= 4 is 24.8 Å². The second kappa shape index (κ2) is 10.5. The van der Waals surface area contributed by atoms with Crippen molar-refractivity contribution in [3.8, 4) is 5.75 Å². The molecule has 4 nitrogen and oxygen atoms in total. The summed E-state index contributed by atoms with van der Waals surface area (Å²) in [6.45, 7) is 7.05. The van der Waals surface area contributed by atoms with Crippen molar-refractivity contribution in [1.29, 1.82) is 0 Å². The number of rotatable bonds is 5. The van der Waals surface area contributed by atoms with Crippen LogP contribution in [0.3, 0.4) is 0 Å². The first kappa shape index (κ1) is 20.7. The monoisotopic (exact) mass is 369 g/mol. The van der Waals surface area contributed by atoms with Crippen LogP contribution in [-0.4, -0.2) is 35.6 Å². The maximum Gasteiger partial charge on any atom is 0.130 e. The van der Waals surface area contributed by atoms with Crippen LogP contribution in [0.1, 0.15) is 18.2 Å². The van der Waals surface area contributed by atoms with Crippen molar-refractivity contribution in [2.24, 2.45) is 0 Å². The second-order valence-electron chi connectivity index (χ2n) is 5.84. The molecule has 1 atom stereocenters. The third-order valence-corrected chi connectivity index (χ3v) is 3.90. The van der Waals surface area contributed by atoms with Gasteiger partial charge in [-0.25, -0.2) is 0 Å². The van der Waals surface area contributed by atoms with Crippen LogP contribution in [0.15, 0.2) is 48.7 Å². The van der Waals surface area contributed by atoms with Gasteiger partial charge < -0.3 is 10.1 Å². The Hall–Kier alpha value is -1.33. The van der Waals surface area contributed by atoms with Gasteiger partial charge in [0.05, 0.1) is 5.69 Å². The Morgan fingerprint density at radius 3 is 2.62 bits per heavy atom. The van der Waals surface area contributed by atoms with Crippen LogP contribution in [0.5, 0.6) is 5.75 Å². The molecule has 132 valence electrons. The predicted octanol–water partition coefficient (Wildman–Crippen LogP) is 3.30. The van der Waals surface area contributed by atoms with Gasteiger partial charge in [-0.15, -0.1) is 24.8 Å². The molecule has 2 aromatic rings. The van der Waals surface area contributed by atoms with E-state index in [1.165, 1.54) is 5.56 Å². The molecule has 0 saturated carbocycles. The third-order valence-electron chi connectivity index (χ3n) is 3.90. The lowest BCUT2D eigenvalue weighted by atomic mass is 10.1. The van der Waals surface area contributed by atoms with Crippen molar-refractivity contribution in [3.05, 3.63) is 59.9 Å². The Bertz CT molecular complexity index is 581. The third kappa shape index (κ3) is 6.29. The van der Waals surface area contributed by atoms with Crippen LogP contribution >= 0.6 is 24.8 Å². The average Bonchev–Trinajstić information content (AvgIpc) is 2.55. The number of halogens is 2. The number of hydrogen-bond donors (Lipinski definition) is 1. The Kier molecular flexibility index (Phi) is 9.08. The van der Waals surface area contributed by atoms with Gasteiger partial charge >= 0.3 is 0 Å². The minimum Gasteiger partial charge on any atom is -0.487 e. The van der Waals surface area contributed by atoms with Crippen molar-refractivity contribution in [3.63, 3.8) is 0 Å². The largest absolute Gasteiger partial charge is 0.487 e. The van der Waals surface area contributed by atoms with Crippen LogP contribution in [0.4, 0.5) is 0 Å². The van der Waals surface area contributed by atoms with E-state index in [-0.39, 0.29) is 24.8 Å². The van der Waals surface area contributed by atoms with Gasteiger partial charge in [0.1, 0.15) is 12.4 Å². The number of nitrogens with zero attached hydrogens (tertiary/aromatic N) is 2. The standard InChI is InChI=1S/C18H23N3O.2ClH/c1-15-12-21(11-10-19-15)13-16-5-7-18(8-6-16)22-14-17-4-2-3-9-20-17;;/h2-9,15,19H,10-14H2,1H3;2*1H. The van der Waals surface area contributed by atoms with Gasteiger partial charge in [0.25, 0.3) is 0 Å². The summed E-state index contributed by atoms with van der Waals surface area (Å²) >= 11 is 0.